The number of ether oxygens (including phenoxy) is 2. The molecule has 7 heteroatoms. The molecule has 1 aliphatic heterocycles. The van der Waals surface area contributed by atoms with Gasteiger partial charge < -0.3 is 19.7 Å². The smallest absolute Gasteiger partial charge is 0.317 e. The molecule has 1 unspecified atom stereocenters. The van der Waals surface area contributed by atoms with Crippen LogP contribution in [0.4, 0.5) is 4.79 Å². The molecular weight excluding hydrogens is 375 g/mol. The Morgan fingerprint density at radius 2 is 1.92 bits per heavy atom. The van der Waals surface area contributed by atoms with Gasteiger partial charge in [0, 0.05) is 23.1 Å². The van der Waals surface area contributed by atoms with Crippen molar-refractivity contribution < 1.29 is 14.3 Å². The van der Waals surface area contributed by atoms with Crippen LogP contribution >= 0.6 is 23.2 Å². The van der Waals surface area contributed by atoms with Gasteiger partial charge >= 0.3 is 6.03 Å². The van der Waals surface area contributed by atoms with Crippen LogP contribution in [-0.2, 0) is 11.3 Å². The molecule has 2 aromatic rings. The van der Waals surface area contributed by atoms with Crippen LogP contribution < -0.4 is 10.1 Å². The van der Waals surface area contributed by atoms with Gasteiger partial charge in [0.1, 0.15) is 11.9 Å². The van der Waals surface area contributed by atoms with Crippen molar-refractivity contribution >= 4 is 29.2 Å². The summed E-state index contributed by atoms with van der Waals surface area (Å²) in [6, 6.07) is 12.8. The quantitative estimate of drug-likeness (QED) is 0.841. The first-order valence-electron chi connectivity index (χ1n) is 8.28. The molecule has 0 radical (unpaired) electrons. The monoisotopic (exact) mass is 394 g/mol. The van der Waals surface area contributed by atoms with Crippen molar-refractivity contribution in [3.63, 3.8) is 0 Å². The molecule has 0 aliphatic carbocycles. The minimum absolute atomic E-state index is 0.123. The average Bonchev–Trinajstić information content (AvgIpc) is 2.66. The lowest BCUT2D eigenvalue weighted by molar-refractivity contribution is -0.0154. The van der Waals surface area contributed by atoms with E-state index >= 15 is 0 Å². The maximum Gasteiger partial charge on any atom is 0.317 e. The molecule has 1 aliphatic rings. The standard InChI is InChI=1S/C19H20Cl2N2O3/c1-25-17-4-2-13(3-5-17)11-22-19(24)23-6-7-26-18(12-23)14-8-15(20)10-16(21)9-14/h2-5,8-10,18H,6-7,11-12H2,1H3,(H,22,24). The van der Waals surface area contributed by atoms with Gasteiger partial charge in [-0.2, -0.15) is 0 Å². The number of methoxy groups -OCH3 is 1. The van der Waals surface area contributed by atoms with E-state index in [-0.39, 0.29) is 12.1 Å². The molecule has 138 valence electrons. The van der Waals surface area contributed by atoms with Crippen LogP contribution in [0.15, 0.2) is 42.5 Å². The number of benzene rings is 2. The van der Waals surface area contributed by atoms with Crippen LogP contribution in [0.1, 0.15) is 17.2 Å². The third-order valence-electron chi connectivity index (χ3n) is 4.21. The van der Waals surface area contributed by atoms with E-state index in [1.807, 2.05) is 36.4 Å². The van der Waals surface area contributed by atoms with Gasteiger partial charge in [-0.15, -0.1) is 0 Å². The molecule has 1 atom stereocenters. The van der Waals surface area contributed by atoms with E-state index in [2.05, 4.69) is 5.32 Å². The zero-order valence-electron chi connectivity index (χ0n) is 14.4. The first-order chi connectivity index (χ1) is 12.5. The van der Waals surface area contributed by atoms with Crippen molar-refractivity contribution in [3.8, 4) is 5.75 Å². The summed E-state index contributed by atoms with van der Waals surface area (Å²) in [5.74, 6) is 0.788. The van der Waals surface area contributed by atoms with Gasteiger partial charge in [-0.3, -0.25) is 0 Å². The Labute approximate surface area is 162 Å². The van der Waals surface area contributed by atoms with Crippen LogP contribution in [0.5, 0.6) is 5.75 Å². The van der Waals surface area contributed by atoms with E-state index in [4.69, 9.17) is 32.7 Å². The Hall–Kier alpha value is -1.95. The van der Waals surface area contributed by atoms with Crippen LogP contribution in [0.2, 0.25) is 10.0 Å². The Balaban J connectivity index is 1.58. The molecule has 3 rings (SSSR count). The molecule has 0 aromatic heterocycles. The molecular formula is C19H20Cl2N2O3. The van der Waals surface area contributed by atoms with Gasteiger partial charge in [-0.25, -0.2) is 4.79 Å². The lowest BCUT2D eigenvalue weighted by Crippen LogP contribution is -2.46. The molecule has 1 saturated heterocycles. The van der Waals surface area contributed by atoms with E-state index in [9.17, 15) is 4.79 Å². The molecule has 2 amide bonds. The highest BCUT2D eigenvalue weighted by molar-refractivity contribution is 6.34. The number of halogens is 2. The summed E-state index contributed by atoms with van der Waals surface area (Å²) in [6.07, 6.45) is -0.244. The van der Waals surface area contributed by atoms with E-state index in [0.717, 1.165) is 16.9 Å². The van der Waals surface area contributed by atoms with E-state index < -0.39 is 0 Å². The predicted octanol–water partition coefficient (Wildman–Crippen LogP) is 4.29. The topological polar surface area (TPSA) is 50.8 Å². The van der Waals surface area contributed by atoms with Gasteiger partial charge in [0.2, 0.25) is 0 Å². The van der Waals surface area contributed by atoms with Gasteiger partial charge in [0.05, 0.1) is 20.3 Å². The fourth-order valence-electron chi connectivity index (χ4n) is 2.83. The molecule has 0 spiro atoms. The number of morpholine rings is 1. The summed E-state index contributed by atoms with van der Waals surface area (Å²) in [7, 11) is 1.62. The predicted molar refractivity (Wildman–Crippen MR) is 102 cm³/mol. The second-order valence-corrected chi connectivity index (χ2v) is 6.89. The summed E-state index contributed by atoms with van der Waals surface area (Å²) in [5, 5.41) is 4.05. The minimum atomic E-state index is -0.244. The SMILES string of the molecule is COc1ccc(CNC(=O)N2CCOC(c3cc(Cl)cc(Cl)c3)C2)cc1. The number of urea groups is 1. The third kappa shape index (κ3) is 4.81. The van der Waals surface area contributed by atoms with Crippen LogP contribution in [0.25, 0.3) is 0 Å². The maximum absolute atomic E-state index is 12.5. The largest absolute Gasteiger partial charge is 0.497 e. The molecule has 26 heavy (non-hydrogen) atoms. The van der Waals surface area contributed by atoms with Gasteiger partial charge in [0.25, 0.3) is 0 Å². The molecule has 1 N–H and O–H groups in total. The molecule has 0 saturated carbocycles. The van der Waals surface area contributed by atoms with Crippen LogP contribution in [0, 0.1) is 0 Å². The lowest BCUT2D eigenvalue weighted by atomic mass is 10.1. The molecule has 2 aromatic carbocycles. The first-order valence-corrected chi connectivity index (χ1v) is 9.04. The zero-order chi connectivity index (χ0) is 18.5. The number of carbonyl (C=O) groups is 1. The summed E-state index contributed by atoms with van der Waals surface area (Å²) in [6.45, 7) is 1.91. The summed E-state index contributed by atoms with van der Waals surface area (Å²) in [4.78, 5) is 14.2. The summed E-state index contributed by atoms with van der Waals surface area (Å²) in [5.41, 5.74) is 1.88. The van der Waals surface area contributed by atoms with Crippen molar-refractivity contribution in [2.24, 2.45) is 0 Å². The van der Waals surface area contributed by atoms with Gasteiger partial charge in [0.15, 0.2) is 0 Å². The highest BCUT2D eigenvalue weighted by Gasteiger charge is 2.25. The molecule has 1 fully saturated rings. The van der Waals surface area contributed by atoms with Crippen molar-refractivity contribution in [1.29, 1.82) is 0 Å². The highest BCUT2D eigenvalue weighted by atomic mass is 35.5. The normalized spacial score (nSPS) is 17.0. The second kappa shape index (κ2) is 8.62. The van der Waals surface area contributed by atoms with Crippen molar-refractivity contribution in [3.05, 3.63) is 63.6 Å². The number of nitrogens with one attached hydrogen (secondary N) is 1. The molecule has 5 nitrogen and oxygen atoms in total. The van der Waals surface area contributed by atoms with E-state index in [1.54, 1.807) is 18.1 Å². The Bertz CT molecular complexity index is 748. The number of rotatable bonds is 4. The third-order valence-corrected chi connectivity index (χ3v) is 4.65. The highest BCUT2D eigenvalue weighted by Crippen LogP contribution is 2.28. The summed E-state index contributed by atoms with van der Waals surface area (Å²) < 4.78 is 10.9. The maximum atomic E-state index is 12.5. The summed E-state index contributed by atoms with van der Waals surface area (Å²) >= 11 is 12.1. The first kappa shape index (κ1) is 18.8. The minimum Gasteiger partial charge on any atom is -0.497 e. The lowest BCUT2D eigenvalue weighted by Gasteiger charge is -2.33. The number of carbonyl (C=O) groups excluding carboxylic acids is 1. The van der Waals surface area contributed by atoms with Crippen molar-refractivity contribution in [1.82, 2.24) is 10.2 Å². The Morgan fingerprint density at radius 1 is 1.23 bits per heavy atom. The van der Waals surface area contributed by atoms with Crippen molar-refractivity contribution in [2.75, 3.05) is 26.8 Å². The van der Waals surface area contributed by atoms with Gasteiger partial charge in [-0.05, 0) is 41.5 Å². The van der Waals surface area contributed by atoms with Crippen LogP contribution in [0.3, 0.4) is 0 Å². The number of nitrogens with zero attached hydrogens (tertiary/aromatic N) is 1. The molecule has 0 bridgehead atoms. The fourth-order valence-corrected chi connectivity index (χ4v) is 3.37. The Kier molecular flexibility index (Phi) is 6.25. The fraction of sp³-hybridized carbons (Fsp3) is 0.316. The molecule has 1 heterocycles. The van der Waals surface area contributed by atoms with Crippen LogP contribution in [-0.4, -0.2) is 37.7 Å². The number of hydrogen-bond donors (Lipinski definition) is 1. The zero-order valence-corrected chi connectivity index (χ0v) is 15.9. The number of hydrogen-bond acceptors (Lipinski definition) is 3. The second-order valence-electron chi connectivity index (χ2n) is 6.02. The van der Waals surface area contributed by atoms with E-state index in [1.165, 1.54) is 0 Å². The van der Waals surface area contributed by atoms with E-state index in [0.29, 0.717) is 36.3 Å². The Morgan fingerprint density at radius 3 is 2.58 bits per heavy atom. The average molecular weight is 395 g/mol. The van der Waals surface area contributed by atoms with Crippen molar-refractivity contribution in [2.45, 2.75) is 12.6 Å². The van der Waals surface area contributed by atoms with Gasteiger partial charge in [-0.1, -0.05) is 35.3 Å². The number of amides is 2.